The topological polar surface area (TPSA) is 60.4 Å². The zero-order valence-electron chi connectivity index (χ0n) is 18.7. The molecule has 2 saturated heterocycles. The number of hydrogen-bond donors (Lipinski definition) is 1. The van der Waals surface area contributed by atoms with E-state index in [0.717, 1.165) is 45.1 Å². The highest BCUT2D eigenvalue weighted by Gasteiger charge is 2.41. The quantitative estimate of drug-likeness (QED) is 0.349. The van der Waals surface area contributed by atoms with Gasteiger partial charge < -0.3 is 24.8 Å². The summed E-state index contributed by atoms with van der Waals surface area (Å²) < 4.78 is 5.57. The molecule has 2 heterocycles. The molecule has 28 heavy (non-hydrogen) atoms. The number of piperazine rings is 1. The van der Waals surface area contributed by atoms with E-state index in [1.165, 1.54) is 0 Å². The molecule has 0 aromatic carbocycles. The van der Waals surface area contributed by atoms with Crippen LogP contribution >= 0.6 is 24.0 Å². The van der Waals surface area contributed by atoms with Crippen molar-refractivity contribution in [2.24, 2.45) is 4.99 Å². The number of halogens is 1. The predicted octanol–water partition coefficient (Wildman–Crippen LogP) is 2.01. The van der Waals surface area contributed by atoms with E-state index in [4.69, 9.17) is 9.73 Å². The number of ether oxygens (including phenoxy) is 1. The minimum atomic E-state index is -0.225. The van der Waals surface area contributed by atoms with Crippen LogP contribution < -0.4 is 5.32 Å². The van der Waals surface area contributed by atoms with Crippen molar-refractivity contribution < 1.29 is 9.53 Å². The number of carbonyl (C=O) groups is 1. The smallest absolute Gasteiger partial charge is 0.242 e. The molecule has 2 rings (SSSR count). The lowest BCUT2D eigenvalue weighted by molar-refractivity contribution is -0.145. The average molecular weight is 509 g/mol. The van der Waals surface area contributed by atoms with Gasteiger partial charge in [-0.15, -0.1) is 24.0 Å². The zero-order chi connectivity index (χ0) is 20.2. The number of nitrogens with zero attached hydrogens (tertiary/aromatic N) is 4. The van der Waals surface area contributed by atoms with E-state index in [1.807, 2.05) is 4.90 Å². The van der Waals surface area contributed by atoms with E-state index in [0.29, 0.717) is 13.1 Å². The Hall–Kier alpha value is -0.610. The number of hydrogen-bond acceptors (Lipinski definition) is 4. The van der Waals surface area contributed by atoms with Crippen LogP contribution in [0.25, 0.3) is 0 Å². The van der Waals surface area contributed by atoms with Gasteiger partial charge >= 0.3 is 0 Å². The third kappa shape index (κ3) is 5.72. The average Bonchev–Trinajstić information content (AvgIpc) is 2.57. The summed E-state index contributed by atoms with van der Waals surface area (Å²) in [5.74, 6) is 1.01. The van der Waals surface area contributed by atoms with Crippen molar-refractivity contribution in [3.63, 3.8) is 0 Å². The maximum atomic E-state index is 12.8. The summed E-state index contributed by atoms with van der Waals surface area (Å²) in [7, 11) is 4.25. The monoisotopic (exact) mass is 509 g/mol. The van der Waals surface area contributed by atoms with Crippen molar-refractivity contribution in [2.45, 2.75) is 64.6 Å². The fraction of sp³-hybridized carbons (Fsp3) is 0.900. The van der Waals surface area contributed by atoms with Crippen LogP contribution in [0.2, 0.25) is 0 Å². The van der Waals surface area contributed by atoms with Gasteiger partial charge in [-0.05, 0) is 61.6 Å². The fourth-order valence-electron chi connectivity index (χ4n) is 4.46. The molecule has 0 aliphatic carbocycles. The molecular weight excluding hydrogens is 469 g/mol. The van der Waals surface area contributed by atoms with Crippen molar-refractivity contribution in [2.75, 3.05) is 53.5 Å². The normalized spacial score (nSPS) is 22.5. The Morgan fingerprint density at radius 1 is 1.29 bits per heavy atom. The van der Waals surface area contributed by atoms with Gasteiger partial charge in [0.25, 0.3) is 0 Å². The molecule has 0 atom stereocenters. The van der Waals surface area contributed by atoms with Gasteiger partial charge in [0.1, 0.15) is 0 Å². The molecule has 2 aliphatic heterocycles. The first-order valence-electron chi connectivity index (χ1n) is 10.2. The molecule has 0 radical (unpaired) electrons. The molecular formula is C20H40IN5O2. The molecule has 2 fully saturated rings. The van der Waals surface area contributed by atoms with Crippen molar-refractivity contribution >= 4 is 35.8 Å². The molecule has 0 saturated carbocycles. The highest BCUT2D eigenvalue weighted by atomic mass is 127. The van der Waals surface area contributed by atoms with Crippen LogP contribution in [0.15, 0.2) is 4.99 Å². The molecule has 1 amide bonds. The van der Waals surface area contributed by atoms with Gasteiger partial charge in [-0.1, -0.05) is 0 Å². The Labute approximate surface area is 188 Å². The largest absolute Gasteiger partial charge is 0.381 e. The Bertz CT molecular complexity index is 545. The van der Waals surface area contributed by atoms with Crippen LogP contribution in [-0.4, -0.2) is 97.2 Å². The lowest BCUT2D eigenvalue weighted by Crippen LogP contribution is -2.66. The summed E-state index contributed by atoms with van der Waals surface area (Å²) in [4.78, 5) is 24.2. The highest BCUT2D eigenvalue weighted by Crippen LogP contribution is 2.27. The molecule has 0 bridgehead atoms. The second kappa shape index (κ2) is 10.4. The standard InChI is InChI=1S/C20H39N5O2.HI/c1-8-21-18(22-14-20(23(6)7)9-11-27-12-10-20)24-13-17(26)25(16(2)3)19(4,5)15-24;/h16H,8-15H2,1-7H3,(H,21,22);1H. The zero-order valence-corrected chi connectivity index (χ0v) is 21.1. The van der Waals surface area contributed by atoms with E-state index in [-0.39, 0.29) is 47.0 Å². The third-order valence-corrected chi connectivity index (χ3v) is 5.87. The molecule has 164 valence electrons. The minimum Gasteiger partial charge on any atom is -0.381 e. The van der Waals surface area contributed by atoms with E-state index in [1.54, 1.807) is 0 Å². The summed E-state index contributed by atoms with van der Waals surface area (Å²) in [5, 5.41) is 3.41. The first kappa shape index (κ1) is 25.4. The first-order valence-corrected chi connectivity index (χ1v) is 10.2. The van der Waals surface area contributed by atoms with Crippen molar-refractivity contribution in [1.82, 2.24) is 20.0 Å². The fourth-order valence-corrected chi connectivity index (χ4v) is 4.46. The third-order valence-electron chi connectivity index (χ3n) is 5.87. The molecule has 2 aliphatic rings. The lowest BCUT2D eigenvalue weighted by Gasteiger charge is -2.49. The van der Waals surface area contributed by atoms with E-state index < -0.39 is 0 Å². The van der Waals surface area contributed by atoms with Gasteiger partial charge in [-0.3, -0.25) is 9.79 Å². The number of amides is 1. The summed E-state index contributed by atoms with van der Waals surface area (Å²) in [5.41, 5.74) is -0.199. The molecule has 8 heteroatoms. The molecule has 0 unspecified atom stereocenters. The van der Waals surface area contributed by atoms with Gasteiger partial charge in [-0.2, -0.15) is 0 Å². The Morgan fingerprint density at radius 3 is 2.36 bits per heavy atom. The number of likely N-dealkylation sites (N-methyl/N-ethyl adjacent to an activating group) is 1. The van der Waals surface area contributed by atoms with Gasteiger partial charge in [0.2, 0.25) is 5.91 Å². The van der Waals surface area contributed by atoms with Crippen molar-refractivity contribution in [3.05, 3.63) is 0 Å². The number of aliphatic imine (C=N–C) groups is 1. The van der Waals surface area contributed by atoms with Gasteiger partial charge in [0, 0.05) is 37.9 Å². The second-order valence-corrected chi connectivity index (χ2v) is 8.93. The van der Waals surface area contributed by atoms with E-state index in [2.05, 4.69) is 63.8 Å². The summed E-state index contributed by atoms with van der Waals surface area (Å²) >= 11 is 0. The Balaban J connectivity index is 0.00000392. The Morgan fingerprint density at radius 2 is 1.89 bits per heavy atom. The van der Waals surface area contributed by atoms with Gasteiger partial charge in [-0.25, -0.2) is 0 Å². The van der Waals surface area contributed by atoms with Crippen molar-refractivity contribution in [1.29, 1.82) is 0 Å². The molecule has 0 spiro atoms. The van der Waals surface area contributed by atoms with Crippen LogP contribution in [0.5, 0.6) is 0 Å². The summed E-state index contributed by atoms with van der Waals surface area (Å²) in [6, 6.07) is 0.202. The predicted molar refractivity (Wildman–Crippen MR) is 125 cm³/mol. The highest BCUT2D eigenvalue weighted by molar-refractivity contribution is 14.0. The number of guanidine groups is 1. The maximum Gasteiger partial charge on any atom is 0.242 e. The maximum absolute atomic E-state index is 12.8. The van der Waals surface area contributed by atoms with Crippen molar-refractivity contribution in [3.8, 4) is 0 Å². The van der Waals surface area contributed by atoms with Crippen LogP contribution in [0, 0.1) is 0 Å². The van der Waals surface area contributed by atoms with E-state index >= 15 is 0 Å². The Kier molecular flexibility index (Phi) is 9.47. The number of rotatable bonds is 5. The lowest BCUT2D eigenvalue weighted by atomic mass is 9.89. The molecule has 0 aromatic rings. The molecule has 0 aromatic heterocycles. The second-order valence-electron chi connectivity index (χ2n) is 8.93. The summed E-state index contributed by atoms with van der Waals surface area (Å²) in [6.45, 7) is 14.7. The first-order chi connectivity index (χ1) is 12.6. The SMILES string of the molecule is CCNC(=NCC1(N(C)C)CCOCC1)N1CC(=O)N(C(C)C)C(C)(C)C1.I. The van der Waals surface area contributed by atoms with E-state index in [9.17, 15) is 4.79 Å². The summed E-state index contributed by atoms with van der Waals surface area (Å²) in [6.07, 6.45) is 1.96. The number of carbonyl (C=O) groups excluding carboxylic acids is 1. The van der Waals surface area contributed by atoms with Gasteiger partial charge in [0.15, 0.2) is 5.96 Å². The molecule has 7 nitrogen and oxygen atoms in total. The van der Waals surface area contributed by atoms with Crippen LogP contribution in [0.4, 0.5) is 0 Å². The van der Waals surface area contributed by atoms with Crippen LogP contribution in [0.1, 0.15) is 47.5 Å². The molecule has 1 N–H and O–H groups in total. The van der Waals surface area contributed by atoms with Gasteiger partial charge in [0.05, 0.1) is 18.6 Å². The van der Waals surface area contributed by atoms with Crippen LogP contribution in [-0.2, 0) is 9.53 Å². The number of nitrogens with one attached hydrogen (secondary N) is 1. The van der Waals surface area contributed by atoms with Crippen LogP contribution in [0.3, 0.4) is 0 Å². The minimum absolute atomic E-state index is 0.